The van der Waals surface area contributed by atoms with Crippen molar-refractivity contribution in [3.8, 4) is 0 Å². The molecule has 23 heavy (non-hydrogen) atoms. The lowest BCUT2D eigenvalue weighted by Crippen LogP contribution is -2.38. The summed E-state index contributed by atoms with van der Waals surface area (Å²) in [7, 11) is 0. The number of carbonyl (C=O) groups is 2. The van der Waals surface area contributed by atoms with Crippen molar-refractivity contribution >= 4 is 24.2 Å². The largest absolute Gasteiger partial charge is 0.355 e. The fraction of sp³-hybridized carbons (Fsp3) is 0.529. The first-order valence-electron chi connectivity index (χ1n) is 7.83. The molecule has 0 aromatic heterocycles. The van der Waals surface area contributed by atoms with Crippen LogP contribution in [0.25, 0.3) is 0 Å². The number of hydrogen-bond donors (Lipinski definition) is 3. The number of rotatable bonds is 8. The SMILES string of the molecule is CCC(C)NC(=O)CCNC(=O)C(C)C(N)c1ccccc1.Cl. The molecule has 0 bridgehead atoms. The van der Waals surface area contributed by atoms with Gasteiger partial charge in [-0.1, -0.05) is 44.2 Å². The van der Waals surface area contributed by atoms with Gasteiger partial charge in [0.25, 0.3) is 0 Å². The van der Waals surface area contributed by atoms with Gasteiger partial charge in [-0.3, -0.25) is 9.59 Å². The minimum Gasteiger partial charge on any atom is -0.355 e. The van der Waals surface area contributed by atoms with Crippen LogP contribution in [0, 0.1) is 5.92 Å². The molecular weight excluding hydrogens is 314 g/mol. The van der Waals surface area contributed by atoms with E-state index in [-0.39, 0.29) is 48.6 Å². The van der Waals surface area contributed by atoms with Gasteiger partial charge >= 0.3 is 0 Å². The van der Waals surface area contributed by atoms with Crippen molar-refractivity contribution < 1.29 is 9.59 Å². The second-order valence-electron chi connectivity index (χ2n) is 5.64. The molecule has 0 spiro atoms. The molecule has 0 radical (unpaired) electrons. The number of hydrogen-bond acceptors (Lipinski definition) is 3. The van der Waals surface area contributed by atoms with Crippen molar-refractivity contribution in [2.24, 2.45) is 11.7 Å². The van der Waals surface area contributed by atoms with Gasteiger partial charge in [0.2, 0.25) is 11.8 Å². The van der Waals surface area contributed by atoms with Crippen LogP contribution in [-0.2, 0) is 9.59 Å². The highest BCUT2D eigenvalue weighted by Gasteiger charge is 2.21. The number of nitrogens with one attached hydrogen (secondary N) is 2. The molecular formula is C17H28ClN3O2. The Morgan fingerprint density at radius 2 is 1.78 bits per heavy atom. The summed E-state index contributed by atoms with van der Waals surface area (Å²) >= 11 is 0. The van der Waals surface area contributed by atoms with E-state index >= 15 is 0 Å². The van der Waals surface area contributed by atoms with Gasteiger partial charge in [0.1, 0.15) is 0 Å². The first kappa shape index (κ1) is 21.4. The van der Waals surface area contributed by atoms with Crippen LogP contribution in [0.4, 0.5) is 0 Å². The maximum atomic E-state index is 12.1. The van der Waals surface area contributed by atoms with Crippen LogP contribution in [0.1, 0.15) is 45.2 Å². The molecule has 4 N–H and O–H groups in total. The predicted octanol–water partition coefficient (Wildman–Crippen LogP) is 2.17. The van der Waals surface area contributed by atoms with Crippen molar-refractivity contribution in [2.45, 2.75) is 45.7 Å². The molecule has 3 atom stereocenters. The van der Waals surface area contributed by atoms with Crippen LogP contribution >= 0.6 is 12.4 Å². The average Bonchev–Trinajstić information content (AvgIpc) is 2.53. The minimum absolute atomic E-state index is 0. The number of benzene rings is 1. The molecule has 1 aromatic rings. The Labute approximate surface area is 144 Å². The fourth-order valence-electron chi connectivity index (χ4n) is 2.04. The van der Waals surface area contributed by atoms with Crippen LogP contribution in [-0.4, -0.2) is 24.4 Å². The van der Waals surface area contributed by atoms with Crippen molar-refractivity contribution in [3.05, 3.63) is 35.9 Å². The Bertz CT molecular complexity index is 482. The molecule has 2 amide bonds. The molecule has 0 heterocycles. The zero-order valence-electron chi connectivity index (χ0n) is 14.0. The van der Waals surface area contributed by atoms with Gasteiger partial charge in [-0.2, -0.15) is 0 Å². The van der Waals surface area contributed by atoms with Crippen LogP contribution in [0.3, 0.4) is 0 Å². The first-order valence-corrected chi connectivity index (χ1v) is 7.83. The first-order chi connectivity index (χ1) is 10.5. The normalized spacial score (nSPS) is 14.1. The third-order valence-electron chi connectivity index (χ3n) is 3.81. The number of carbonyl (C=O) groups excluding carboxylic acids is 2. The van der Waals surface area contributed by atoms with E-state index in [2.05, 4.69) is 10.6 Å². The Kier molecular flexibility index (Phi) is 10.3. The highest BCUT2D eigenvalue weighted by Crippen LogP contribution is 2.18. The fourth-order valence-corrected chi connectivity index (χ4v) is 2.04. The second kappa shape index (κ2) is 11.0. The van der Waals surface area contributed by atoms with Crippen LogP contribution in [0.2, 0.25) is 0 Å². The van der Waals surface area contributed by atoms with Crippen molar-refractivity contribution in [3.63, 3.8) is 0 Å². The number of halogens is 1. The van der Waals surface area contributed by atoms with Crippen molar-refractivity contribution in [2.75, 3.05) is 6.54 Å². The minimum atomic E-state index is -0.352. The molecule has 1 aromatic carbocycles. The van der Waals surface area contributed by atoms with Gasteiger partial charge in [0, 0.05) is 25.0 Å². The number of nitrogens with two attached hydrogens (primary N) is 1. The highest BCUT2D eigenvalue weighted by atomic mass is 35.5. The number of amides is 2. The van der Waals surface area contributed by atoms with Gasteiger partial charge in [-0.05, 0) is 18.9 Å². The maximum absolute atomic E-state index is 12.1. The monoisotopic (exact) mass is 341 g/mol. The Morgan fingerprint density at radius 3 is 2.35 bits per heavy atom. The summed E-state index contributed by atoms with van der Waals surface area (Å²) in [6.07, 6.45) is 1.17. The molecule has 0 fully saturated rings. The lowest BCUT2D eigenvalue weighted by atomic mass is 9.95. The highest BCUT2D eigenvalue weighted by molar-refractivity contribution is 5.85. The molecule has 5 nitrogen and oxygen atoms in total. The quantitative estimate of drug-likeness (QED) is 0.677. The summed E-state index contributed by atoms with van der Waals surface area (Å²) in [6.45, 7) is 6.09. The van der Waals surface area contributed by atoms with E-state index in [0.29, 0.717) is 6.54 Å². The van der Waals surface area contributed by atoms with Gasteiger partial charge in [0.05, 0.1) is 5.92 Å². The lowest BCUT2D eigenvalue weighted by molar-refractivity contribution is -0.125. The predicted molar refractivity (Wildman–Crippen MR) is 95.3 cm³/mol. The molecule has 0 aliphatic heterocycles. The Hall–Kier alpha value is -1.59. The standard InChI is InChI=1S/C17H27N3O2.ClH/c1-4-12(2)20-15(21)10-11-19-17(22)13(3)16(18)14-8-6-5-7-9-14;/h5-9,12-13,16H,4,10-11,18H2,1-3H3,(H,19,22)(H,20,21);1H. The zero-order valence-corrected chi connectivity index (χ0v) is 14.9. The van der Waals surface area contributed by atoms with Gasteiger partial charge < -0.3 is 16.4 Å². The van der Waals surface area contributed by atoms with E-state index in [4.69, 9.17) is 5.73 Å². The molecule has 6 heteroatoms. The topological polar surface area (TPSA) is 84.2 Å². The summed E-state index contributed by atoms with van der Waals surface area (Å²) < 4.78 is 0. The molecule has 0 aliphatic rings. The smallest absolute Gasteiger partial charge is 0.224 e. The summed E-state index contributed by atoms with van der Waals surface area (Å²) in [5.41, 5.74) is 7.05. The van der Waals surface area contributed by atoms with E-state index in [1.165, 1.54) is 0 Å². The van der Waals surface area contributed by atoms with E-state index in [1.54, 1.807) is 6.92 Å². The summed E-state index contributed by atoms with van der Waals surface area (Å²) in [5, 5.41) is 5.64. The summed E-state index contributed by atoms with van der Waals surface area (Å²) in [5.74, 6) is -0.526. The molecule has 130 valence electrons. The molecule has 1 rings (SSSR count). The van der Waals surface area contributed by atoms with E-state index in [1.807, 2.05) is 44.2 Å². The third kappa shape index (κ3) is 7.48. The Morgan fingerprint density at radius 1 is 1.17 bits per heavy atom. The van der Waals surface area contributed by atoms with E-state index < -0.39 is 0 Å². The van der Waals surface area contributed by atoms with Gasteiger partial charge in [-0.25, -0.2) is 0 Å². The molecule has 0 aliphatic carbocycles. The Balaban J connectivity index is 0.00000484. The lowest BCUT2D eigenvalue weighted by Gasteiger charge is -2.20. The maximum Gasteiger partial charge on any atom is 0.224 e. The molecule has 0 saturated heterocycles. The van der Waals surface area contributed by atoms with Crippen molar-refractivity contribution in [1.29, 1.82) is 0 Å². The van der Waals surface area contributed by atoms with Gasteiger partial charge in [0.15, 0.2) is 0 Å². The molecule has 3 unspecified atom stereocenters. The van der Waals surface area contributed by atoms with Gasteiger partial charge in [-0.15, -0.1) is 12.4 Å². The van der Waals surface area contributed by atoms with E-state index in [9.17, 15) is 9.59 Å². The van der Waals surface area contributed by atoms with Crippen molar-refractivity contribution in [1.82, 2.24) is 10.6 Å². The summed E-state index contributed by atoms with van der Waals surface area (Å²) in [6, 6.07) is 9.35. The summed E-state index contributed by atoms with van der Waals surface area (Å²) in [4.78, 5) is 23.7. The third-order valence-corrected chi connectivity index (χ3v) is 3.81. The van der Waals surface area contributed by atoms with Crippen LogP contribution in [0.15, 0.2) is 30.3 Å². The zero-order chi connectivity index (χ0) is 16.5. The molecule has 0 saturated carbocycles. The second-order valence-corrected chi connectivity index (χ2v) is 5.64. The van der Waals surface area contributed by atoms with Crippen LogP contribution < -0.4 is 16.4 Å². The average molecular weight is 342 g/mol. The van der Waals surface area contributed by atoms with E-state index in [0.717, 1.165) is 12.0 Å². The van der Waals surface area contributed by atoms with Crippen LogP contribution in [0.5, 0.6) is 0 Å².